The minimum Gasteiger partial charge on any atom is -0.481 e. The maximum absolute atomic E-state index is 11.6. The summed E-state index contributed by atoms with van der Waals surface area (Å²) in [6.45, 7) is 0. The van der Waals surface area contributed by atoms with Crippen molar-refractivity contribution in [3.8, 4) is 0 Å². The van der Waals surface area contributed by atoms with Crippen LogP contribution in [0, 0.1) is 0 Å². The lowest BCUT2D eigenvalue weighted by atomic mass is 9.94. The molecule has 84 valence electrons. The molecule has 1 aliphatic rings. The van der Waals surface area contributed by atoms with Crippen LogP contribution in [0.2, 0.25) is 0 Å². The third-order valence-corrected chi connectivity index (χ3v) is 2.75. The second kappa shape index (κ2) is 4.43. The number of hydrogen-bond donors (Lipinski definition) is 1. The van der Waals surface area contributed by atoms with E-state index in [-0.39, 0.29) is 12.2 Å². The fraction of sp³-hybridized carbons (Fsp3) is 0.417. The predicted molar refractivity (Wildman–Crippen MR) is 57.5 cm³/mol. The average Bonchev–Trinajstić information content (AvgIpc) is 2.27. The molecule has 2 rings (SSSR count). The Balaban J connectivity index is 2.20. The van der Waals surface area contributed by atoms with Crippen LogP contribution < -0.4 is 0 Å². The number of aliphatic carboxylic acids is 1. The van der Waals surface area contributed by atoms with E-state index in [1.54, 1.807) is 0 Å². The number of rotatable bonds is 3. The summed E-state index contributed by atoms with van der Waals surface area (Å²) in [7, 11) is 0. The molecule has 4 nitrogen and oxygen atoms in total. The van der Waals surface area contributed by atoms with Crippen LogP contribution in [0.5, 0.6) is 0 Å². The molecule has 1 N–H and O–H groups in total. The van der Waals surface area contributed by atoms with Gasteiger partial charge in [0.05, 0.1) is 6.42 Å². The van der Waals surface area contributed by atoms with E-state index < -0.39 is 5.97 Å². The fourth-order valence-electron chi connectivity index (χ4n) is 1.90. The van der Waals surface area contributed by atoms with Crippen LogP contribution in [-0.2, 0) is 17.6 Å². The highest BCUT2D eigenvalue weighted by Gasteiger charge is 2.18. The van der Waals surface area contributed by atoms with Crippen molar-refractivity contribution >= 4 is 11.8 Å². The number of fused-ring (bicyclic) bond motifs is 1. The Morgan fingerprint density at radius 2 is 2.19 bits per heavy atom. The third kappa shape index (κ3) is 2.27. The Hall–Kier alpha value is -1.71. The summed E-state index contributed by atoms with van der Waals surface area (Å²) >= 11 is 0. The standard InChI is InChI=1S/C12H13NO3/c14-10-3-1-2-8-4-5-9(13-12(8)10)6-7-11(15)16/h4-5H,1-3,6-7H2,(H,15,16). The van der Waals surface area contributed by atoms with Crippen LogP contribution in [0.4, 0.5) is 0 Å². The molecule has 0 aromatic carbocycles. The molecule has 1 aromatic heterocycles. The maximum Gasteiger partial charge on any atom is 0.303 e. The van der Waals surface area contributed by atoms with Gasteiger partial charge in [0.25, 0.3) is 0 Å². The fourth-order valence-corrected chi connectivity index (χ4v) is 1.90. The molecule has 0 saturated heterocycles. The van der Waals surface area contributed by atoms with Crippen molar-refractivity contribution in [2.24, 2.45) is 0 Å². The number of ketones is 1. The Bertz CT molecular complexity index is 440. The summed E-state index contributed by atoms with van der Waals surface area (Å²) in [6, 6.07) is 3.72. The molecule has 1 heterocycles. The number of aromatic nitrogens is 1. The molecule has 0 spiro atoms. The second-order valence-electron chi connectivity index (χ2n) is 3.98. The lowest BCUT2D eigenvalue weighted by Gasteiger charge is -2.14. The molecule has 16 heavy (non-hydrogen) atoms. The first-order chi connectivity index (χ1) is 7.66. The van der Waals surface area contributed by atoms with Crippen molar-refractivity contribution in [1.82, 2.24) is 4.98 Å². The third-order valence-electron chi connectivity index (χ3n) is 2.75. The van der Waals surface area contributed by atoms with E-state index >= 15 is 0 Å². The molecule has 0 radical (unpaired) electrons. The number of carbonyl (C=O) groups excluding carboxylic acids is 1. The quantitative estimate of drug-likeness (QED) is 0.838. The van der Waals surface area contributed by atoms with Gasteiger partial charge in [-0.2, -0.15) is 0 Å². The number of aryl methyl sites for hydroxylation is 2. The normalized spacial score (nSPS) is 14.6. The molecule has 0 atom stereocenters. The second-order valence-corrected chi connectivity index (χ2v) is 3.98. The highest BCUT2D eigenvalue weighted by molar-refractivity contribution is 5.96. The van der Waals surface area contributed by atoms with Crippen LogP contribution in [0.1, 0.15) is 41.0 Å². The summed E-state index contributed by atoms with van der Waals surface area (Å²) < 4.78 is 0. The van der Waals surface area contributed by atoms with E-state index in [0.717, 1.165) is 18.4 Å². The van der Waals surface area contributed by atoms with Gasteiger partial charge in [0.2, 0.25) is 0 Å². The SMILES string of the molecule is O=C(O)CCc1ccc2c(n1)C(=O)CCC2. The Labute approximate surface area is 93.3 Å². The zero-order valence-electron chi connectivity index (χ0n) is 8.90. The van der Waals surface area contributed by atoms with E-state index in [1.165, 1.54) is 0 Å². The zero-order chi connectivity index (χ0) is 11.5. The van der Waals surface area contributed by atoms with Gasteiger partial charge in [-0.15, -0.1) is 0 Å². The summed E-state index contributed by atoms with van der Waals surface area (Å²) in [5, 5.41) is 8.57. The van der Waals surface area contributed by atoms with Crippen molar-refractivity contribution in [3.63, 3.8) is 0 Å². The number of carbonyl (C=O) groups is 2. The van der Waals surface area contributed by atoms with Crippen LogP contribution >= 0.6 is 0 Å². The van der Waals surface area contributed by atoms with Crippen molar-refractivity contribution < 1.29 is 14.7 Å². The van der Waals surface area contributed by atoms with E-state index in [1.807, 2.05) is 12.1 Å². The van der Waals surface area contributed by atoms with Gasteiger partial charge in [0.1, 0.15) is 5.69 Å². The smallest absolute Gasteiger partial charge is 0.303 e. The van der Waals surface area contributed by atoms with E-state index in [4.69, 9.17) is 5.11 Å². The summed E-state index contributed by atoms with van der Waals surface area (Å²) in [5.74, 6) is -0.760. The van der Waals surface area contributed by atoms with E-state index in [9.17, 15) is 9.59 Å². The summed E-state index contributed by atoms with van der Waals surface area (Å²) in [6.07, 6.45) is 2.79. The number of pyridine rings is 1. The summed E-state index contributed by atoms with van der Waals surface area (Å²) in [5.41, 5.74) is 2.24. The highest BCUT2D eigenvalue weighted by atomic mass is 16.4. The molecule has 0 bridgehead atoms. The van der Waals surface area contributed by atoms with Gasteiger partial charge >= 0.3 is 5.97 Å². The molecule has 0 amide bonds. The molecule has 1 aliphatic carbocycles. The predicted octanol–water partition coefficient (Wildman–Crippen LogP) is 1.62. The molecular formula is C12H13NO3. The van der Waals surface area contributed by atoms with E-state index in [0.29, 0.717) is 24.2 Å². The largest absolute Gasteiger partial charge is 0.481 e. The first kappa shape index (κ1) is 10.8. The topological polar surface area (TPSA) is 67.3 Å². The number of carboxylic acids is 1. The van der Waals surface area contributed by atoms with Crippen LogP contribution in [-0.4, -0.2) is 21.8 Å². The minimum atomic E-state index is -0.842. The number of nitrogens with zero attached hydrogens (tertiary/aromatic N) is 1. The first-order valence-corrected chi connectivity index (χ1v) is 5.40. The van der Waals surface area contributed by atoms with Gasteiger partial charge in [0.15, 0.2) is 5.78 Å². The highest BCUT2D eigenvalue weighted by Crippen LogP contribution is 2.20. The van der Waals surface area contributed by atoms with Crippen molar-refractivity contribution in [2.75, 3.05) is 0 Å². The average molecular weight is 219 g/mol. The van der Waals surface area contributed by atoms with Crippen LogP contribution in [0.3, 0.4) is 0 Å². The maximum atomic E-state index is 11.6. The van der Waals surface area contributed by atoms with Crippen LogP contribution in [0.25, 0.3) is 0 Å². The van der Waals surface area contributed by atoms with Gasteiger partial charge in [-0.3, -0.25) is 9.59 Å². The van der Waals surface area contributed by atoms with Crippen LogP contribution in [0.15, 0.2) is 12.1 Å². The molecule has 0 saturated carbocycles. The number of Topliss-reactive ketones (excluding diaryl/α,β-unsaturated/α-hetero) is 1. The summed E-state index contributed by atoms with van der Waals surface area (Å²) in [4.78, 5) is 26.3. The van der Waals surface area contributed by atoms with Gasteiger partial charge in [-0.25, -0.2) is 4.98 Å². The lowest BCUT2D eigenvalue weighted by molar-refractivity contribution is -0.136. The zero-order valence-corrected chi connectivity index (χ0v) is 8.90. The Morgan fingerprint density at radius 1 is 1.38 bits per heavy atom. The minimum absolute atomic E-state index is 0.0555. The van der Waals surface area contributed by atoms with Gasteiger partial charge in [-0.1, -0.05) is 6.07 Å². The van der Waals surface area contributed by atoms with Gasteiger partial charge in [0, 0.05) is 18.5 Å². The number of hydrogen-bond acceptors (Lipinski definition) is 3. The van der Waals surface area contributed by atoms with Crippen molar-refractivity contribution in [1.29, 1.82) is 0 Å². The molecule has 1 aromatic rings. The molecule has 0 aliphatic heterocycles. The van der Waals surface area contributed by atoms with Crippen molar-refractivity contribution in [3.05, 3.63) is 29.1 Å². The van der Waals surface area contributed by atoms with E-state index in [2.05, 4.69) is 4.98 Å². The monoisotopic (exact) mass is 219 g/mol. The van der Waals surface area contributed by atoms with Gasteiger partial charge < -0.3 is 5.11 Å². The molecule has 0 unspecified atom stereocenters. The molecule has 4 heteroatoms. The molecular weight excluding hydrogens is 206 g/mol. The molecule has 0 fully saturated rings. The number of carboxylic acid groups (broad SMARTS) is 1. The van der Waals surface area contributed by atoms with Gasteiger partial charge in [-0.05, 0) is 24.5 Å². The van der Waals surface area contributed by atoms with Crippen molar-refractivity contribution in [2.45, 2.75) is 32.1 Å². The Kier molecular flexibility index (Phi) is 2.99. The first-order valence-electron chi connectivity index (χ1n) is 5.40. The Morgan fingerprint density at radius 3 is 2.94 bits per heavy atom. The lowest BCUT2D eigenvalue weighted by Crippen LogP contribution is -2.14.